The summed E-state index contributed by atoms with van der Waals surface area (Å²) in [5, 5.41) is 7.21. The third-order valence-electron chi connectivity index (χ3n) is 4.14. The lowest BCUT2D eigenvalue weighted by atomic mass is 10.1. The van der Waals surface area contributed by atoms with Crippen molar-refractivity contribution in [2.45, 2.75) is 26.4 Å². The fourth-order valence-corrected chi connectivity index (χ4v) is 2.88. The maximum absolute atomic E-state index is 12.3. The predicted octanol–water partition coefficient (Wildman–Crippen LogP) is 4.98. The molecule has 0 aliphatic heterocycles. The number of hydrogen-bond acceptors (Lipinski definition) is 5. The summed E-state index contributed by atoms with van der Waals surface area (Å²) in [5.74, 6) is -1.13. The number of hydrogen-bond donors (Lipinski definition) is 2. The second-order valence-electron chi connectivity index (χ2n) is 7.86. The molecule has 2 N–H and O–H groups in total. The zero-order chi connectivity index (χ0) is 22.4. The molecule has 0 aliphatic rings. The summed E-state index contributed by atoms with van der Waals surface area (Å²) in [7, 11) is 0. The van der Waals surface area contributed by atoms with E-state index in [0.29, 0.717) is 11.4 Å². The molecule has 0 heterocycles. The highest BCUT2D eigenvalue weighted by atomic mass is 16.6. The maximum atomic E-state index is 12.3. The minimum Gasteiger partial charge on any atom is -0.452 e. The number of carbonyl (C=O) groups is 3. The average molecular weight is 420 g/mol. The van der Waals surface area contributed by atoms with Gasteiger partial charge >= 0.3 is 12.1 Å². The molecule has 0 atom stereocenters. The number of fused-ring (bicyclic) bond motifs is 1. The zero-order valence-corrected chi connectivity index (χ0v) is 17.6. The van der Waals surface area contributed by atoms with Gasteiger partial charge in [0.05, 0.1) is 5.56 Å². The third-order valence-corrected chi connectivity index (χ3v) is 4.14. The fourth-order valence-electron chi connectivity index (χ4n) is 2.88. The van der Waals surface area contributed by atoms with Crippen molar-refractivity contribution in [3.8, 4) is 0 Å². The average Bonchev–Trinajstić information content (AvgIpc) is 2.71. The highest BCUT2D eigenvalue weighted by molar-refractivity contribution is 6.03. The summed E-state index contributed by atoms with van der Waals surface area (Å²) in [6, 6.07) is 19.4. The first kappa shape index (κ1) is 21.8. The van der Waals surface area contributed by atoms with Crippen molar-refractivity contribution >= 4 is 40.1 Å². The molecule has 0 fully saturated rings. The predicted molar refractivity (Wildman–Crippen MR) is 119 cm³/mol. The van der Waals surface area contributed by atoms with Gasteiger partial charge in [-0.05, 0) is 50.4 Å². The van der Waals surface area contributed by atoms with Gasteiger partial charge < -0.3 is 14.8 Å². The van der Waals surface area contributed by atoms with Gasteiger partial charge in [-0.2, -0.15) is 0 Å². The molecular weight excluding hydrogens is 396 g/mol. The van der Waals surface area contributed by atoms with E-state index in [2.05, 4.69) is 10.6 Å². The number of nitrogens with one attached hydrogen (secondary N) is 2. The minimum absolute atomic E-state index is 0.200. The van der Waals surface area contributed by atoms with Gasteiger partial charge in [-0.15, -0.1) is 0 Å². The molecule has 2 amide bonds. The fraction of sp³-hybridized carbons (Fsp3) is 0.208. The summed E-state index contributed by atoms with van der Waals surface area (Å²) in [6.07, 6.45) is -0.632. The number of amides is 2. The van der Waals surface area contributed by atoms with Crippen molar-refractivity contribution in [3.05, 3.63) is 72.3 Å². The Labute approximate surface area is 180 Å². The molecule has 31 heavy (non-hydrogen) atoms. The molecule has 0 bridgehead atoms. The largest absolute Gasteiger partial charge is 0.452 e. The number of ether oxygens (including phenoxy) is 2. The van der Waals surface area contributed by atoms with Crippen molar-refractivity contribution in [1.29, 1.82) is 0 Å². The van der Waals surface area contributed by atoms with Crippen LogP contribution in [0.3, 0.4) is 0 Å². The number of carbonyl (C=O) groups excluding carboxylic acids is 3. The standard InChI is InChI=1S/C24H24N2O5/c1-24(2,3)31-23(29)25-18-11-6-10-17(14-18)22(28)30-15-21(27)26-20-13-7-9-16-8-4-5-12-19(16)20/h4-14H,15H2,1-3H3,(H,25,29)(H,26,27). The molecule has 3 aromatic rings. The van der Waals surface area contributed by atoms with Gasteiger partial charge in [0, 0.05) is 16.8 Å². The van der Waals surface area contributed by atoms with Crippen LogP contribution in [0, 0.1) is 0 Å². The summed E-state index contributed by atoms with van der Waals surface area (Å²) in [6.45, 7) is 4.82. The van der Waals surface area contributed by atoms with Crippen molar-refractivity contribution in [1.82, 2.24) is 0 Å². The van der Waals surface area contributed by atoms with Crippen LogP contribution in [0.1, 0.15) is 31.1 Å². The van der Waals surface area contributed by atoms with Crippen LogP contribution in [0.5, 0.6) is 0 Å². The molecule has 0 aromatic heterocycles. The van der Waals surface area contributed by atoms with Crippen LogP contribution in [0.4, 0.5) is 16.2 Å². The van der Waals surface area contributed by atoms with E-state index in [1.807, 2.05) is 36.4 Å². The second kappa shape index (κ2) is 9.30. The van der Waals surface area contributed by atoms with Crippen LogP contribution in [0.15, 0.2) is 66.7 Å². The summed E-state index contributed by atoms with van der Waals surface area (Å²) >= 11 is 0. The first-order chi connectivity index (χ1) is 14.7. The summed E-state index contributed by atoms with van der Waals surface area (Å²) < 4.78 is 10.3. The van der Waals surface area contributed by atoms with Crippen molar-refractivity contribution in [2.75, 3.05) is 17.2 Å². The highest BCUT2D eigenvalue weighted by Gasteiger charge is 2.17. The van der Waals surface area contributed by atoms with Gasteiger partial charge in [0.2, 0.25) is 0 Å². The Morgan fingerprint density at radius 1 is 0.871 bits per heavy atom. The molecule has 0 saturated heterocycles. The van der Waals surface area contributed by atoms with Crippen LogP contribution in [0.2, 0.25) is 0 Å². The van der Waals surface area contributed by atoms with Crippen molar-refractivity contribution in [3.63, 3.8) is 0 Å². The SMILES string of the molecule is CC(C)(C)OC(=O)Nc1cccc(C(=O)OCC(=O)Nc2cccc3ccccc23)c1. The van der Waals surface area contributed by atoms with Gasteiger partial charge in [0.25, 0.3) is 5.91 Å². The molecule has 0 radical (unpaired) electrons. The molecule has 0 spiro atoms. The van der Waals surface area contributed by atoms with Gasteiger partial charge in [0.15, 0.2) is 6.61 Å². The zero-order valence-electron chi connectivity index (χ0n) is 17.6. The number of esters is 1. The van der Waals surface area contributed by atoms with E-state index in [1.165, 1.54) is 12.1 Å². The Balaban J connectivity index is 1.58. The molecule has 3 aromatic carbocycles. The maximum Gasteiger partial charge on any atom is 0.412 e. The molecule has 160 valence electrons. The number of anilines is 2. The molecule has 0 saturated carbocycles. The van der Waals surface area contributed by atoms with E-state index in [4.69, 9.17) is 9.47 Å². The van der Waals surface area contributed by atoms with Gasteiger partial charge in [-0.1, -0.05) is 42.5 Å². The van der Waals surface area contributed by atoms with Crippen molar-refractivity contribution in [2.24, 2.45) is 0 Å². The first-order valence-corrected chi connectivity index (χ1v) is 9.76. The molecule has 0 unspecified atom stereocenters. The lowest BCUT2D eigenvalue weighted by Gasteiger charge is -2.19. The first-order valence-electron chi connectivity index (χ1n) is 9.76. The highest BCUT2D eigenvalue weighted by Crippen LogP contribution is 2.23. The van der Waals surface area contributed by atoms with E-state index in [1.54, 1.807) is 39.0 Å². The lowest BCUT2D eigenvalue weighted by molar-refractivity contribution is -0.119. The third kappa shape index (κ3) is 6.30. The van der Waals surface area contributed by atoms with Crippen molar-refractivity contribution < 1.29 is 23.9 Å². The number of benzene rings is 3. The van der Waals surface area contributed by atoms with Crippen LogP contribution < -0.4 is 10.6 Å². The van der Waals surface area contributed by atoms with E-state index in [9.17, 15) is 14.4 Å². The second-order valence-corrected chi connectivity index (χ2v) is 7.86. The Morgan fingerprint density at radius 2 is 1.58 bits per heavy atom. The number of rotatable bonds is 5. The lowest BCUT2D eigenvalue weighted by Crippen LogP contribution is -2.27. The topological polar surface area (TPSA) is 93.7 Å². The Morgan fingerprint density at radius 3 is 2.35 bits per heavy atom. The molecular formula is C24H24N2O5. The molecule has 3 rings (SSSR count). The van der Waals surface area contributed by atoms with Gasteiger partial charge in [-0.3, -0.25) is 10.1 Å². The Hall–Kier alpha value is -3.87. The molecule has 7 nitrogen and oxygen atoms in total. The quantitative estimate of drug-likeness (QED) is 0.568. The Bertz CT molecular complexity index is 1110. The Kier molecular flexibility index (Phi) is 6.55. The van der Waals surface area contributed by atoms with Crippen LogP contribution >= 0.6 is 0 Å². The van der Waals surface area contributed by atoms with E-state index < -0.39 is 30.2 Å². The smallest absolute Gasteiger partial charge is 0.412 e. The minimum atomic E-state index is -0.680. The van der Waals surface area contributed by atoms with Gasteiger partial charge in [-0.25, -0.2) is 9.59 Å². The monoisotopic (exact) mass is 420 g/mol. The van der Waals surface area contributed by atoms with Gasteiger partial charge in [0.1, 0.15) is 5.60 Å². The molecule has 7 heteroatoms. The van der Waals surface area contributed by atoms with E-state index in [0.717, 1.165) is 10.8 Å². The normalized spacial score (nSPS) is 10.9. The van der Waals surface area contributed by atoms with E-state index >= 15 is 0 Å². The summed E-state index contributed by atoms with van der Waals surface area (Å²) in [4.78, 5) is 36.5. The molecule has 0 aliphatic carbocycles. The van der Waals surface area contributed by atoms with Crippen LogP contribution in [-0.2, 0) is 14.3 Å². The van der Waals surface area contributed by atoms with Crippen LogP contribution in [-0.4, -0.2) is 30.2 Å². The van der Waals surface area contributed by atoms with Crippen LogP contribution in [0.25, 0.3) is 10.8 Å². The summed E-state index contributed by atoms with van der Waals surface area (Å²) in [5.41, 5.74) is 0.580. The van der Waals surface area contributed by atoms with E-state index in [-0.39, 0.29) is 5.56 Å².